The number of halogens is 2. The largest absolute Gasteiger partial charge is 0.489 e. The molecule has 0 spiro atoms. The SMILES string of the molecule is NCCCc1cc(Cl)ccc1OCc1cccc(F)c1. The normalized spacial score (nSPS) is 10.6. The van der Waals surface area contributed by atoms with Crippen LogP contribution in [0.3, 0.4) is 0 Å². The number of rotatable bonds is 6. The van der Waals surface area contributed by atoms with Crippen LogP contribution in [0, 0.1) is 5.82 Å². The molecule has 0 saturated heterocycles. The third-order valence-corrected chi connectivity index (χ3v) is 3.19. The quantitative estimate of drug-likeness (QED) is 0.875. The van der Waals surface area contributed by atoms with Crippen molar-refractivity contribution < 1.29 is 9.13 Å². The molecule has 0 radical (unpaired) electrons. The standard InChI is InChI=1S/C16H17ClFNO/c17-14-6-7-16(13(10-14)4-2-8-19)20-11-12-3-1-5-15(18)9-12/h1,3,5-7,9-10H,2,4,8,11,19H2. The van der Waals surface area contributed by atoms with Gasteiger partial charge in [-0.1, -0.05) is 23.7 Å². The van der Waals surface area contributed by atoms with E-state index in [2.05, 4.69) is 0 Å². The highest BCUT2D eigenvalue weighted by Crippen LogP contribution is 2.25. The molecule has 2 aromatic rings. The lowest BCUT2D eigenvalue weighted by atomic mass is 10.1. The van der Waals surface area contributed by atoms with Crippen LogP contribution in [0.5, 0.6) is 5.75 Å². The zero-order valence-corrected chi connectivity index (χ0v) is 11.9. The van der Waals surface area contributed by atoms with E-state index in [1.165, 1.54) is 12.1 Å². The first-order chi connectivity index (χ1) is 9.69. The van der Waals surface area contributed by atoms with Gasteiger partial charge in [0.1, 0.15) is 18.2 Å². The Morgan fingerprint density at radius 2 is 2.00 bits per heavy atom. The Morgan fingerprint density at radius 1 is 1.15 bits per heavy atom. The molecule has 0 unspecified atom stereocenters. The summed E-state index contributed by atoms with van der Waals surface area (Å²) >= 11 is 6.00. The molecule has 0 aliphatic carbocycles. The molecule has 2 rings (SSSR count). The van der Waals surface area contributed by atoms with Crippen LogP contribution in [0.25, 0.3) is 0 Å². The summed E-state index contributed by atoms with van der Waals surface area (Å²) in [7, 11) is 0. The molecular formula is C16H17ClFNO. The monoisotopic (exact) mass is 293 g/mol. The fraction of sp³-hybridized carbons (Fsp3) is 0.250. The zero-order valence-electron chi connectivity index (χ0n) is 11.1. The molecule has 0 aliphatic rings. The summed E-state index contributed by atoms with van der Waals surface area (Å²) in [5.74, 6) is 0.512. The summed E-state index contributed by atoms with van der Waals surface area (Å²) in [5.41, 5.74) is 7.35. The third-order valence-electron chi connectivity index (χ3n) is 2.96. The predicted octanol–water partition coefficient (Wildman–Crippen LogP) is 3.95. The molecule has 106 valence electrons. The summed E-state index contributed by atoms with van der Waals surface area (Å²) in [4.78, 5) is 0. The minimum absolute atomic E-state index is 0.259. The molecule has 0 atom stereocenters. The van der Waals surface area contributed by atoms with Crippen molar-refractivity contribution in [3.8, 4) is 5.75 Å². The van der Waals surface area contributed by atoms with Gasteiger partial charge in [-0.2, -0.15) is 0 Å². The average molecular weight is 294 g/mol. The van der Waals surface area contributed by atoms with Crippen LogP contribution < -0.4 is 10.5 Å². The minimum Gasteiger partial charge on any atom is -0.489 e. The smallest absolute Gasteiger partial charge is 0.123 e. The third kappa shape index (κ3) is 4.22. The van der Waals surface area contributed by atoms with E-state index in [1.807, 2.05) is 18.2 Å². The van der Waals surface area contributed by atoms with Gasteiger partial charge in [-0.3, -0.25) is 0 Å². The second-order valence-electron chi connectivity index (χ2n) is 4.56. The van der Waals surface area contributed by atoms with Crippen molar-refractivity contribution in [1.82, 2.24) is 0 Å². The first kappa shape index (κ1) is 14.8. The van der Waals surface area contributed by atoms with E-state index in [-0.39, 0.29) is 5.82 Å². The molecule has 20 heavy (non-hydrogen) atoms. The maximum absolute atomic E-state index is 13.1. The van der Waals surface area contributed by atoms with Gasteiger partial charge in [0.2, 0.25) is 0 Å². The number of aryl methyl sites for hydroxylation is 1. The van der Waals surface area contributed by atoms with Gasteiger partial charge in [0.15, 0.2) is 0 Å². The first-order valence-corrected chi connectivity index (χ1v) is 6.92. The molecule has 2 N–H and O–H groups in total. The van der Waals surface area contributed by atoms with E-state index in [9.17, 15) is 4.39 Å². The van der Waals surface area contributed by atoms with E-state index >= 15 is 0 Å². The van der Waals surface area contributed by atoms with Crippen LogP contribution in [-0.2, 0) is 13.0 Å². The molecule has 0 heterocycles. The molecule has 2 nitrogen and oxygen atoms in total. The lowest BCUT2D eigenvalue weighted by Gasteiger charge is -2.12. The zero-order chi connectivity index (χ0) is 14.4. The molecule has 0 amide bonds. The van der Waals surface area contributed by atoms with Gasteiger partial charge in [0.05, 0.1) is 0 Å². The van der Waals surface area contributed by atoms with E-state index in [0.717, 1.165) is 29.7 Å². The van der Waals surface area contributed by atoms with Crippen LogP contribution in [-0.4, -0.2) is 6.54 Å². The molecule has 0 aromatic heterocycles. The van der Waals surface area contributed by atoms with Gasteiger partial charge < -0.3 is 10.5 Å². The van der Waals surface area contributed by atoms with Gasteiger partial charge in [-0.15, -0.1) is 0 Å². The summed E-state index contributed by atoms with van der Waals surface area (Å²) in [6.45, 7) is 0.949. The highest BCUT2D eigenvalue weighted by molar-refractivity contribution is 6.30. The Kier molecular flexibility index (Phi) is 5.39. The molecule has 4 heteroatoms. The number of hydrogen-bond donors (Lipinski definition) is 1. The van der Waals surface area contributed by atoms with E-state index in [1.54, 1.807) is 12.1 Å². The topological polar surface area (TPSA) is 35.2 Å². The predicted molar refractivity (Wildman–Crippen MR) is 79.6 cm³/mol. The van der Waals surface area contributed by atoms with Crippen LogP contribution in [0.15, 0.2) is 42.5 Å². The van der Waals surface area contributed by atoms with Crippen LogP contribution in [0.1, 0.15) is 17.5 Å². The van der Waals surface area contributed by atoms with E-state index < -0.39 is 0 Å². The minimum atomic E-state index is -0.259. The molecular weight excluding hydrogens is 277 g/mol. The number of hydrogen-bond acceptors (Lipinski definition) is 2. The number of nitrogens with two attached hydrogens (primary N) is 1. The second-order valence-corrected chi connectivity index (χ2v) is 5.00. The molecule has 2 aromatic carbocycles. The summed E-state index contributed by atoms with van der Waals surface area (Å²) in [5, 5.41) is 0.676. The fourth-order valence-corrected chi connectivity index (χ4v) is 2.16. The van der Waals surface area contributed by atoms with Crippen molar-refractivity contribution in [2.24, 2.45) is 5.73 Å². The van der Waals surface area contributed by atoms with Gasteiger partial charge in [0, 0.05) is 5.02 Å². The van der Waals surface area contributed by atoms with Gasteiger partial charge in [-0.05, 0) is 60.8 Å². The lowest BCUT2D eigenvalue weighted by Crippen LogP contribution is -2.03. The Labute approximate surface area is 123 Å². The maximum Gasteiger partial charge on any atom is 0.123 e. The maximum atomic E-state index is 13.1. The summed E-state index contributed by atoms with van der Waals surface area (Å²) in [6.07, 6.45) is 1.69. The molecule has 0 fully saturated rings. The van der Waals surface area contributed by atoms with Crippen molar-refractivity contribution in [1.29, 1.82) is 0 Å². The summed E-state index contributed by atoms with van der Waals surface area (Å²) < 4.78 is 18.9. The first-order valence-electron chi connectivity index (χ1n) is 6.55. The molecule has 0 aliphatic heterocycles. The van der Waals surface area contributed by atoms with Crippen molar-refractivity contribution in [2.75, 3.05) is 6.54 Å². The Bertz CT molecular complexity index is 574. The van der Waals surface area contributed by atoms with Gasteiger partial charge >= 0.3 is 0 Å². The summed E-state index contributed by atoms with van der Waals surface area (Å²) in [6, 6.07) is 11.9. The van der Waals surface area contributed by atoms with Crippen molar-refractivity contribution >= 4 is 11.6 Å². The van der Waals surface area contributed by atoms with Crippen LogP contribution >= 0.6 is 11.6 Å². The van der Waals surface area contributed by atoms with Crippen LogP contribution in [0.2, 0.25) is 5.02 Å². The second kappa shape index (κ2) is 7.27. The lowest BCUT2D eigenvalue weighted by molar-refractivity contribution is 0.302. The van der Waals surface area contributed by atoms with Crippen LogP contribution in [0.4, 0.5) is 4.39 Å². The van der Waals surface area contributed by atoms with Crippen molar-refractivity contribution in [2.45, 2.75) is 19.4 Å². The van der Waals surface area contributed by atoms with E-state index in [0.29, 0.717) is 18.2 Å². The Balaban J connectivity index is 2.08. The highest BCUT2D eigenvalue weighted by atomic mass is 35.5. The molecule has 0 bridgehead atoms. The molecule has 0 saturated carbocycles. The average Bonchev–Trinajstić information content (AvgIpc) is 2.44. The van der Waals surface area contributed by atoms with Gasteiger partial charge in [-0.25, -0.2) is 4.39 Å². The Hall–Kier alpha value is -1.58. The van der Waals surface area contributed by atoms with E-state index in [4.69, 9.17) is 22.1 Å². The fourth-order valence-electron chi connectivity index (χ4n) is 1.96. The highest BCUT2D eigenvalue weighted by Gasteiger charge is 2.05. The Morgan fingerprint density at radius 3 is 2.75 bits per heavy atom. The van der Waals surface area contributed by atoms with Crippen molar-refractivity contribution in [3.05, 3.63) is 64.4 Å². The number of ether oxygens (including phenoxy) is 1. The van der Waals surface area contributed by atoms with Crippen molar-refractivity contribution in [3.63, 3.8) is 0 Å². The van der Waals surface area contributed by atoms with Gasteiger partial charge in [0.25, 0.3) is 0 Å². The number of benzene rings is 2.